The number of ether oxygens (including phenoxy) is 1. The third-order valence-corrected chi connectivity index (χ3v) is 3.72. The van der Waals surface area contributed by atoms with E-state index in [1.807, 2.05) is 0 Å². The molecule has 0 radical (unpaired) electrons. The Morgan fingerprint density at radius 3 is 2.87 bits per heavy atom. The van der Waals surface area contributed by atoms with Gasteiger partial charge in [-0.3, -0.25) is 4.68 Å². The van der Waals surface area contributed by atoms with E-state index in [1.165, 1.54) is 30.5 Å². The van der Waals surface area contributed by atoms with Crippen LogP contribution in [0.2, 0.25) is 0 Å². The molecule has 0 aromatic carbocycles. The molecule has 1 aromatic heterocycles. The zero-order chi connectivity index (χ0) is 10.3. The molecule has 1 aliphatic heterocycles. The third-order valence-electron chi connectivity index (χ3n) is 3.72. The first-order valence-electron chi connectivity index (χ1n) is 5.98. The molecule has 1 unspecified atom stereocenters. The van der Waals surface area contributed by atoms with Crippen LogP contribution in [0.5, 0.6) is 0 Å². The van der Waals surface area contributed by atoms with Crippen LogP contribution in [-0.4, -0.2) is 23.0 Å². The molecule has 3 rings (SSSR count). The van der Waals surface area contributed by atoms with E-state index >= 15 is 0 Å². The molecule has 0 N–H and O–H groups in total. The van der Waals surface area contributed by atoms with Gasteiger partial charge in [0.2, 0.25) is 0 Å². The Morgan fingerprint density at radius 2 is 2.27 bits per heavy atom. The molecule has 82 valence electrons. The molecule has 0 bridgehead atoms. The normalized spacial score (nSPS) is 26.9. The molecule has 1 aromatic rings. The van der Waals surface area contributed by atoms with E-state index in [1.54, 1.807) is 0 Å². The fraction of sp³-hybridized carbons (Fsp3) is 0.750. The maximum absolute atomic E-state index is 5.43. The van der Waals surface area contributed by atoms with Gasteiger partial charge < -0.3 is 4.74 Å². The highest BCUT2D eigenvalue weighted by molar-refractivity contribution is 5.20. The smallest absolute Gasteiger partial charge is 0.0708 e. The summed E-state index contributed by atoms with van der Waals surface area (Å²) < 4.78 is 7.61. The number of hydrogen-bond acceptors (Lipinski definition) is 2. The Morgan fingerprint density at radius 1 is 1.40 bits per heavy atom. The van der Waals surface area contributed by atoms with Crippen LogP contribution >= 0.6 is 0 Å². The van der Waals surface area contributed by atoms with Gasteiger partial charge in [-0.2, -0.15) is 5.10 Å². The summed E-state index contributed by atoms with van der Waals surface area (Å²) in [5, 5.41) is 4.75. The maximum Gasteiger partial charge on any atom is 0.0708 e. The first-order valence-corrected chi connectivity index (χ1v) is 5.98. The lowest BCUT2D eigenvalue weighted by molar-refractivity contribution is 0.193. The van der Waals surface area contributed by atoms with Gasteiger partial charge >= 0.3 is 0 Å². The Balaban J connectivity index is 1.84. The van der Waals surface area contributed by atoms with Crippen LogP contribution < -0.4 is 0 Å². The summed E-state index contributed by atoms with van der Waals surface area (Å²) in [5.41, 5.74) is 2.62. The molecule has 2 heterocycles. The summed E-state index contributed by atoms with van der Waals surface area (Å²) in [5.74, 6) is 0.548. The van der Waals surface area contributed by atoms with Crippen molar-refractivity contribution in [1.82, 2.24) is 9.78 Å². The topological polar surface area (TPSA) is 27.1 Å². The molecule has 15 heavy (non-hydrogen) atoms. The molecule has 1 aliphatic carbocycles. The summed E-state index contributed by atoms with van der Waals surface area (Å²) in [6, 6.07) is 0.680. The van der Waals surface area contributed by atoms with E-state index in [-0.39, 0.29) is 0 Å². The van der Waals surface area contributed by atoms with Crippen molar-refractivity contribution in [3.05, 3.63) is 17.5 Å². The molecular weight excluding hydrogens is 188 g/mol. The summed E-state index contributed by atoms with van der Waals surface area (Å²) in [6.45, 7) is 3.94. The van der Waals surface area contributed by atoms with Crippen LogP contribution in [0.15, 0.2) is 6.20 Å². The Labute approximate surface area is 90.4 Å². The van der Waals surface area contributed by atoms with Gasteiger partial charge in [0.05, 0.1) is 18.3 Å². The van der Waals surface area contributed by atoms with E-state index in [0.717, 1.165) is 19.6 Å². The van der Waals surface area contributed by atoms with E-state index in [0.29, 0.717) is 12.0 Å². The second-order valence-electron chi connectivity index (χ2n) is 4.82. The van der Waals surface area contributed by atoms with Crippen molar-refractivity contribution in [3.8, 4) is 0 Å². The van der Waals surface area contributed by atoms with Crippen LogP contribution in [0.25, 0.3) is 0 Å². The lowest BCUT2D eigenvalue weighted by atomic mass is 9.93. The highest BCUT2D eigenvalue weighted by atomic mass is 16.5. The van der Waals surface area contributed by atoms with Gasteiger partial charge in [0, 0.05) is 18.7 Å². The van der Waals surface area contributed by atoms with Crippen molar-refractivity contribution in [2.45, 2.75) is 44.6 Å². The van der Waals surface area contributed by atoms with Crippen LogP contribution in [0, 0.1) is 6.92 Å². The Hall–Kier alpha value is -0.830. The largest absolute Gasteiger partial charge is 0.381 e. The standard InChI is InChI=1S/C12H18N2O/c1-9-7-14(11-3-2-4-11)13-12(9)10-5-6-15-8-10/h7,10-11H,2-6,8H2,1H3. The molecular formula is C12H18N2O. The molecule has 3 nitrogen and oxygen atoms in total. The van der Waals surface area contributed by atoms with Crippen LogP contribution in [-0.2, 0) is 4.74 Å². The third kappa shape index (κ3) is 1.59. The minimum Gasteiger partial charge on any atom is -0.381 e. The van der Waals surface area contributed by atoms with E-state index in [4.69, 9.17) is 9.84 Å². The van der Waals surface area contributed by atoms with Crippen LogP contribution in [0.3, 0.4) is 0 Å². The van der Waals surface area contributed by atoms with Gasteiger partial charge in [-0.1, -0.05) is 0 Å². The average Bonchev–Trinajstić information content (AvgIpc) is 2.70. The summed E-state index contributed by atoms with van der Waals surface area (Å²) in [4.78, 5) is 0. The molecule has 0 amide bonds. The van der Waals surface area contributed by atoms with Gasteiger partial charge in [0.1, 0.15) is 0 Å². The predicted molar refractivity (Wildman–Crippen MR) is 58.0 cm³/mol. The number of aromatic nitrogens is 2. The summed E-state index contributed by atoms with van der Waals surface area (Å²) in [7, 11) is 0. The number of hydrogen-bond donors (Lipinski definition) is 0. The molecule has 1 atom stereocenters. The zero-order valence-electron chi connectivity index (χ0n) is 9.28. The Kier molecular flexibility index (Phi) is 2.28. The van der Waals surface area contributed by atoms with E-state index in [9.17, 15) is 0 Å². The van der Waals surface area contributed by atoms with E-state index in [2.05, 4.69) is 17.8 Å². The number of aryl methyl sites for hydroxylation is 1. The Bertz CT molecular complexity index is 349. The van der Waals surface area contributed by atoms with E-state index < -0.39 is 0 Å². The lowest BCUT2D eigenvalue weighted by Gasteiger charge is -2.25. The zero-order valence-corrected chi connectivity index (χ0v) is 9.28. The van der Waals surface area contributed by atoms with Crippen molar-refractivity contribution in [2.75, 3.05) is 13.2 Å². The average molecular weight is 206 g/mol. The molecule has 0 spiro atoms. The lowest BCUT2D eigenvalue weighted by Crippen LogP contribution is -2.17. The maximum atomic E-state index is 5.43. The molecule has 3 heteroatoms. The van der Waals surface area contributed by atoms with Crippen molar-refractivity contribution in [2.24, 2.45) is 0 Å². The first kappa shape index (κ1) is 9.40. The monoisotopic (exact) mass is 206 g/mol. The van der Waals surface area contributed by atoms with Gasteiger partial charge in [-0.25, -0.2) is 0 Å². The fourth-order valence-corrected chi connectivity index (χ4v) is 2.49. The minimum absolute atomic E-state index is 0.548. The number of rotatable bonds is 2. The summed E-state index contributed by atoms with van der Waals surface area (Å²) in [6.07, 6.45) is 7.34. The highest BCUT2D eigenvalue weighted by Gasteiger charge is 2.25. The highest BCUT2D eigenvalue weighted by Crippen LogP contribution is 2.33. The van der Waals surface area contributed by atoms with Crippen molar-refractivity contribution >= 4 is 0 Å². The van der Waals surface area contributed by atoms with Crippen molar-refractivity contribution in [1.29, 1.82) is 0 Å². The summed E-state index contributed by atoms with van der Waals surface area (Å²) >= 11 is 0. The van der Waals surface area contributed by atoms with Crippen molar-refractivity contribution in [3.63, 3.8) is 0 Å². The molecule has 2 fully saturated rings. The molecule has 2 aliphatic rings. The SMILES string of the molecule is Cc1cn(C2CCC2)nc1C1CCOC1. The van der Waals surface area contributed by atoms with Crippen molar-refractivity contribution < 1.29 is 4.74 Å². The molecule has 1 saturated heterocycles. The van der Waals surface area contributed by atoms with Crippen LogP contribution in [0.4, 0.5) is 0 Å². The minimum atomic E-state index is 0.548. The fourth-order valence-electron chi connectivity index (χ4n) is 2.49. The quantitative estimate of drug-likeness (QED) is 0.743. The van der Waals surface area contributed by atoms with Crippen LogP contribution in [0.1, 0.15) is 48.9 Å². The van der Waals surface area contributed by atoms with Gasteiger partial charge in [-0.15, -0.1) is 0 Å². The van der Waals surface area contributed by atoms with Gasteiger partial charge in [0.25, 0.3) is 0 Å². The second-order valence-corrected chi connectivity index (χ2v) is 4.82. The van der Waals surface area contributed by atoms with Gasteiger partial charge in [-0.05, 0) is 38.2 Å². The molecule has 1 saturated carbocycles. The number of nitrogens with zero attached hydrogens (tertiary/aromatic N) is 2. The first-order chi connectivity index (χ1) is 7.34. The van der Waals surface area contributed by atoms with Gasteiger partial charge in [0.15, 0.2) is 0 Å². The second kappa shape index (κ2) is 3.63. The predicted octanol–water partition coefficient (Wildman–Crippen LogP) is 2.42.